The summed E-state index contributed by atoms with van der Waals surface area (Å²) in [7, 11) is -1.59. The van der Waals surface area contributed by atoms with Crippen LogP contribution in [0.4, 0.5) is 5.69 Å². The van der Waals surface area contributed by atoms with Crippen LogP contribution in [0.5, 0.6) is 5.75 Å². The van der Waals surface area contributed by atoms with Crippen molar-refractivity contribution in [3.63, 3.8) is 0 Å². The van der Waals surface area contributed by atoms with Gasteiger partial charge in [-0.15, -0.1) is 0 Å². The maximum absolute atomic E-state index is 13.5. The standard InChI is InChI=1S/C30H37N3O5S/c1-21-17-33(22(2)20-34)30(35)26-11-8-12-27(31-39(4,36)37)29(26)38-28(21)19-32(3)18-23-13-15-25(16-14-23)24-9-6-5-7-10-24/h5-16,21-22,28,31,34H,17-20H2,1-4H3/t21-,22+,28+/m0/s1. The van der Waals surface area contributed by atoms with Crippen LogP contribution in [0.25, 0.3) is 11.1 Å². The molecule has 0 spiro atoms. The number of ether oxygens (including phenoxy) is 1. The van der Waals surface area contributed by atoms with Crippen LogP contribution in [0.15, 0.2) is 72.8 Å². The van der Waals surface area contributed by atoms with Crippen LogP contribution < -0.4 is 9.46 Å². The second-order valence-corrected chi connectivity index (χ2v) is 12.2. The summed E-state index contributed by atoms with van der Waals surface area (Å²) in [5.74, 6) is -0.189. The fourth-order valence-corrected chi connectivity index (χ4v) is 5.42. The summed E-state index contributed by atoms with van der Waals surface area (Å²) in [5, 5.41) is 9.85. The predicted octanol–water partition coefficient (Wildman–Crippen LogP) is 4.08. The average Bonchev–Trinajstić information content (AvgIpc) is 2.90. The Bertz CT molecular complexity index is 1380. The molecule has 0 bridgehead atoms. The second kappa shape index (κ2) is 12.2. The lowest BCUT2D eigenvalue weighted by Crippen LogP contribution is -2.49. The molecule has 2 N–H and O–H groups in total. The van der Waals surface area contributed by atoms with Crippen LogP contribution in [0.3, 0.4) is 0 Å². The number of sulfonamides is 1. The van der Waals surface area contributed by atoms with E-state index < -0.39 is 16.1 Å². The van der Waals surface area contributed by atoms with Gasteiger partial charge in [0.15, 0.2) is 5.75 Å². The Hall–Kier alpha value is -3.40. The number of rotatable bonds is 9. The zero-order valence-electron chi connectivity index (χ0n) is 22.9. The monoisotopic (exact) mass is 551 g/mol. The molecule has 0 saturated carbocycles. The molecule has 3 aromatic carbocycles. The second-order valence-electron chi connectivity index (χ2n) is 10.4. The number of anilines is 1. The van der Waals surface area contributed by atoms with Gasteiger partial charge in [0, 0.05) is 25.6 Å². The molecule has 39 heavy (non-hydrogen) atoms. The summed E-state index contributed by atoms with van der Waals surface area (Å²) in [6.45, 7) is 5.26. The number of fused-ring (bicyclic) bond motifs is 1. The molecular formula is C30H37N3O5S. The van der Waals surface area contributed by atoms with Gasteiger partial charge in [-0.3, -0.25) is 14.4 Å². The lowest BCUT2D eigenvalue weighted by molar-refractivity contribution is 0.0344. The Morgan fingerprint density at radius 2 is 1.72 bits per heavy atom. The SMILES string of the molecule is C[C@H](CO)N1C[C@H](C)[C@@H](CN(C)Cc2ccc(-c3ccccc3)cc2)Oc2c(NS(C)(=O)=O)cccc2C1=O. The van der Waals surface area contributed by atoms with Gasteiger partial charge in [0.1, 0.15) is 6.10 Å². The summed E-state index contributed by atoms with van der Waals surface area (Å²) in [5.41, 5.74) is 3.96. The average molecular weight is 552 g/mol. The Balaban J connectivity index is 1.58. The number of nitrogens with zero attached hydrogens (tertiary/aromatic N) is 2. The van der Waals surface area contributed by atoms with E-state index in [0.29, 0.717) is 19.6 Å². The molecule has 3 atom stereocenters. The van der Waals surface area contributed by atoms with Crippen molar-refractivity contribution < 1.29 is 23.1 Å². The number of hydrogen-bond donors (Lipinski definition) is 2. The molecule has 208 valence electrons. The van der Waals surface area contributed by atoms with Crippen molar-refractivity contribution in [1.29, 1.82) is 0 Å². The molecule has 0 radical (unpaired) electrons. The van der Waals surface area contributed by atoms with E-state index in [4.69, 9.17) is 4.74 Å². The van der Waals surface area contributed by atoms with Gasteiger partial charge in [0.05, 0.1) is 30.2 Å². The third-order valence-electron chi connectivity index (χ3n) is 6.99. The highest BCUT2D eigenvalue weighted by Crippen LogP contribution is 2.35. The first-order valence-electron chi connectivity index (χ1n) is 13.1. The van der Waals surface area contributed by atoms with Crippen LogP contribution in [0, 0.1) is 5.92 Å². The van der Waals surface area contributed by atoms with Crippen molar-refractivity contribution in [1.82, 2.24) is 9.80 Å². The summed E-state index contributed by atoms with van der Waals surface area (Å²) >= 11 is 0. The number of aliphatic hydroxyl groups is 1. The van der Waals surface area contributed by atoms with Gasteiger partial charge >= 0.3 is 0 Å². The van der Waals surface area contributed by atoms with E-state index in [-0.39, 0.29) is 41.5 Å². The molecule has 0 saturated heterocycles. The number of carbonyl (C=O) groups is 1. The molecule has 0 unspecified atom stereocenters. The van der Waals surface area contributed by atoms with Crippen molar-refractivity contribution >= 4 is 21.6 Å². The third kappa shape index (κ3) is 7.17. The van der Waals surface area contributed by atoms with Crippen LogP contribution in [-0.2, 0) is 16.6 Å². The van der Waals surface area contributed by atoms with Gasteiger partial charge in [0.2, 0.25) is 10.0 Å². The van der Waals surface area contributed by atoms with E-state index in [0.717, 1.165) is 17.4 Å². The first kappa shape index (κ1) is 28.6. The number of amides is 1. The van der Waals surface area contributed by atoms with E-state index in [9.17, 15) is 18.3 Å². The molecule has 8 nitrogen and oxygen atoms in total. The molecule has 1 heterocycles. The van der Waals surface area contributed by atoms with Gasteiger partial charge in [0.25, 0.3) is 5.91 Å². The molecular weight excluding hydrogens is 514 g/mol. The van der Waals surface area contributed by atoms with E-state index in [1.54, 1.807) is 30.0 Å². The van der Waals surface area contributed by atoms with Crippen molar-refractivity contribution in [2.24, 2.45) is 5.92 Å². The summed E-state index contributed by atoms with van der Waals surface area (Å²) in [6, 6.07) is 23.2. The van der Waals surface area contributed by atoms with Crippen molar-refractivity contribution in [3.05, 3.63) is 83.9 Å². The zero-order chi connectivity index (χ0) is 28.2. The number of aliphatic hydroxyl groups excluding tert-OH is 1. The van der Waals surface area contributed by atoms with Crippen LogP contribution in [0.1, 0.15) is 29.8 Å². The molecule has 0 aromatic heterocycles. The zero-order valence-corrected chi connectivity index (χ0v) is 23.7. The summed E-state index contributed by atoms with van der Waals surface area (Å²) in [4.78, 5) is 17.3. The van der Waals surface area contributed by atoms with E-state index in [1.165, 1.54) is 5.56 Å². The number of hydrogen-bond acceptors (Lipinski definition) is 6. The van der Waals surface area contributed by atoms with Crippen LogP contribution in [-0.4, -0.2) is 74.4 Å². The highest BCUT2D eigenvalue weighted by Gasteiger charge is 2.34. The number of nitrogens with one attached hydrogen (secondary N) is 1. The molecule has 0 fully saturated rings. The highest BCUT2D eigenvalue weighted by molar-refractivity contribution is 7.92. The minimum absolute atomic E-state index is 0.0923. The van der Waals surface area contributed by atoms with Gasteiger partial charge in [-0.25, -0.2) is 8.42 Å². The molecule has 1 amide bonds. The van der Waals surface area contributed by atoms with E-state index in [1.807, 2.05) is 32.2 Å². The molecule has 3 aromatic rings. The number of para-hydroxylation sites is 1. The topological polar surface area (TPSA) is 99.2 Å². The number of likely N-dealkylation sites (N-methyl/N-ethyl adjacent to an activating group) is 1. The lowest BCUT2D eigenvalue weighted by Gasteiger charge is -2.38. The first-order chi connectivity index (χ1) is 18.6. The third-order valence-corrected chi connectivity index (χ3v) is 7.58. The number of carbonyl (C=O) groups excluding carboxylic acids is 1. The number of benzene rings is 3. The van der Waals surface area contributed by atoms with Crippen molar-refractivity contribution in [3.8, 4) is 16.9 Å². The molecule has 0 aliphatic carbocycles. The summed E-state index contributed by atoms with van der Waals surface area (Å²) < 4.78 is 33.1. The first-order valence-corrected chi connectivity index (χ1v) is 15.0. The van der Waals surface area contributed by atoms with Crippen molar-refractivity contribution in [2.75, 3.05) is 37.7 Å². The minimum Gasteiger partial charge on any atom is -0.486 e. The van der Waals surface area contributed by atoms with Crippen LogP contribution >= 0.6 is 0 Å². The Kier molecular flexibility index (Phi) is 8.94. The Morgan fingerprint density at radius 3 is 2.36 bits per heavy atom. The van der Waals surface area contributed by atoms with E-state index in [2.05, 4.69) is 46.0 Å². The van der Waals surface area contributed by atoms with Gasteiger partial charge in [-0.05, 0) is 42.8 Å². The van der Waals surface area contributed by atoms with Gasteiger partial charge in [-0.2, -0.15) is 0 Å². The van der Waals surface area contributed by atoms with E-state index >= 15 is 0 Å². The molecule has 9 heteroatoms. The highest BCUT2D eigenvalue weighted by atomic mass is 32.2. The Labute approximate surface area is 231 Å². The fourth-order valence-electron chi connectivity index (χ4n) is 4.86. The molecule has 1 aliphatic rings. The maximum atomic E-state index is 13.5. The molecule has 1 aliphatic heterocycles. The van der Waals surface area contributed by atoms with Gasteiger partial charge < -0.3 is 14.7 Å². The van der Waals surface area contributed by atoms with Crippen LogP contribution in [0.2, 0.25) is 0 Å². The summed E-state index contributed by atoms with van der Waals surface area (Å²) in [6.07, 6.45) is 0.718. The maximum Gasteiger partial charge on any atom is 0.258 e. The normalized spacial score (nSPS) is 18.6. The largest absolute Gasteiger partial charge is 0.486 e. The predicted molar refractivity (Wildman–Crippen MR) is 154 cm³/mol. The smallest absolute Gasteiger partial charge is 0.258 e. The molecule has 4 rings (SSSR count). The lowest BCUT2D eigenvalue weighted by atomic mass is 9.98. The van der Waals surface area contributed by atoms with Gasteiger partial charge in [-0.1, -0.05) is 67.6 Å². The minimum atomic E-state index is -3.61. The Morgan fingerprint density at radius 1 is 1.05 bits per heavy atom. The quantitative estimate of drug-likeness (QED) is 0.416. The fraction of sp³-hybridized carbons (Fsp3) is 0.367. The van der Waals surface area contributed by atoms with Crippen molar-refractivity contribution in [2.45, 2.75) is 32.5 Å².